The summed E-state index contributed by atoms with van der Waals surface area (Å²) >= 11 is 0. The summed E-state index contributed by atoms with van der Waals surface area (Å²) in [4.78, 5) is 11.9. The molecule has 1 saturated carbocycles. The predicted octanol–water partition coefficient (Wildman–Crippen LogP) is 1.43. The average Bonchev–Trinajstić information content (AvgIpc) is 2.10. The van der Waals surface area contributed by atoms with Gasteiger partial charge in [0.05, 0.1) is 5.54 Å². The minimum absolute atomic E-state index is 0.102. The normalized spacial score (nSPS) is 20.0. The van der Waals surface area contributed by atoms with Gasteiger partial charge in [-0.25, -0.2) is 0 Å². The van der Waals surface area contributed by atoms with Crippen LogP contribution in [0.4, 0.5) is 0 Å². The smallest absolute Gasteiger partial charge is 0.240 e. The summed E-state index contributed by atoms with van der Waals surface area (Å²) in [6, 6.07) is 0. The van der Waals surface area contributed by atoms with Crippen LogP contribution in [-0.2, 0) is 4.79 Å². The first kappa shape index (κ1) is 11.5. The molecule has 82 valence electrons. The Labute approximate surface area is 86.6 Å². The third kappa shape index (κ3) is 2.08. The summed E-state index contributed by atoms with van der Waals surface area (Å²) in [5.41, 5.74) is -0.358. The highest BCUT2D eigenvalue weighted by molar-refractivity contribution is 5.86. The van der Waals surface area contributed by atoms with Gasteiger partial charge in [-0.1, -0.05) is 6.92 Å². The Morgan fingerprint density at radius 3 is 2.29 bits per heavy atom. The second-order valence-corrected chi connectivity index (χ2v) is 4.82. The standard InChI is InChI=1S/C11H22N2O/c1-5-11(7-6-8-11)13-9(14)10(2,3)12-4/h12H,5-8H2,1-4H3,(H,13,14). The highest BCUT2D eigenvalue weighted by Gasteiger charge is 2.39. The van der Waals surface area contributed by atoms with E-state index in [9.17, 15) is 4.79 Å². The highest BCUT2D eigenvalue weighted by atomic mass is 16.2. The first-order valence-electron chi connectivity index (χ1n) is 5.47. The number of carbonyl (C=O) groups excluding carboxylic acids is 1. The molecule has 0 radical (unpaired) electrons. The lowest BCUT2D eigenvalue weighted by Gasteiger charge is -2.43. The fourth-order valence-corrected chi connectivity index (χ4v) is 1.68. The molecular weight excluding hydrogens is 176 g/mol. The van der Waals surface area contributed by atoms with E-state index >= 15 is 0 Å². The minimum Gasteiger partial charge on any atom is -0.349 e. The molecule has 1 fully saturated rings. The van der Waals surface area contributed by atoms with E-state index in [-0.39, 0.29) is 11.4 Å². The number of hydrogen-bond donors (Lipinski definition) is 2. The molecule has 0 atom stereocenters. The Hall–Kier alpha value is -0.570. The van der Waals surface area contributed by atoms with Crippen molar-refractivity contribution < 1.29 is 4.79 Å². The van der Waals surface area contributed by atoms with E-state index in [0.717, 1.165) is 19.3 Å². The van der Waals surface area contributed by atoms with Gasteiger partial charge in [-0.3, -0.25) is 4.79 Å². The molecule has 3 nitrogen and oxygen atoms in total. The minimum atomic E-state index is -0.461. The summed E-state index contributed by atoms with van der Waals surface area (Å²) in [5, 5.41) is 6.19. The molecule has 0 aromatic carbocycles. The van der Waals surface area contributed by atoms with Crippen molar-refractivity contribution in [1.82, 2.24) is 10.6 Å². The van der Waals surface area contributed by atoms with Gasteiger partial charge in [-0.05, 0) is 46.6 Å². The first-order valence-corrected chi connectivity index (χ1v) is 5.47. The van der Waals surface area contributed by atoms with Crippen molar-refractivity contribution in [2.75, 3.05) is 7.05 Å². The SMILES string of the molecule is CCC1(NC(=O)C(C)(C)NC)CCC1. The number of amides is 1. The maximum Gasteiger partial charge on any atom is 0.240 e. The van der Waals surface area contributed by atoms with E-state index in [4.69, 9.17) is 0 Å². The van der Waals surface area contributed by atoms with Crippen LogP contribution in [0.15, 0.2) is 0 Å². The van der Waals surface area contributed by atoms with Crippen LogP contribution in [-0.4, -0.2) is 24.0 Å². The van der Waals surface area contributed by atoms with E-state index in [1.54, 1.807) is 0 Å². The van der Waals surface area contributed by atoms with Gasteiger partial charge in [0, 0.05) is 5.54 Å². The molecule has 3 heteroatoms. The summed E-state index contributed by atoms with van der Waals surface area (Å²) in [6.45, 7) is 5.96. The summed E-state index contributed by atoms with van der Waals surface area (Å²) in [5.74, 6) is 0.113. The Balaban J connectivity index is 2.55. The van der Waals surface area contributed by atoms with Crippen molar-refractivity contribution in [2.45, 2.75) is 57.5 Å². The second kappa shape index (κ2) is 3.89. The highest BCUT2D eigenvalue weighted by Crippen LogP contribution is 2.34. The number of hydrogen-bond acceptors (Lipinski definition) is 2. The van der Waals surface area contributed by atoms with Crippen molar-refractivity contribution in [3.8, 4) is 0 Å². The summed E-state index contributed by atoms with van der Waals surface area (Å²) < 4.78 is 0. The fraction of sp³-hybridized carbons (Fsp3) is 0.909. The molecule has 1 aliphatic carbocycles. The van der Waals surface area contributed by atoms with Crippen molar-refractivity contribution >= 4 is 5.91 Å². The van der Waals surface area contributed by atoms with Gasteiger partial charge in [0.2, 0.25) is 5.91 Å². The van der Waals surface area contributed by atoms with E-state index in [1.165, 1.54) is 6.42 Å². The van der Waals surface area contributed by atoms with Crippen molar-refractivity contribution in [2.24, 2.45) is 0 Å². The van der Waals surface area contributed by atoms with Crippen LogP contribution < -0.4 is 10.6 Å². The van der Waals surface area contributed by atoms with Gasteiger partial charge < -0.3 is 10.6 Å². The molecule has 0 aromatic rings. The zero-order valence-electron chi connectivity index (χ0n) is 9.74. The monoisotopic (exact) mass is 198 g/mol. The maximum atomic E-state index is 11.9. The molecule has 14 heavy (non-hydrogen) atoms. The maximum absolute atomic E-state index is 11.9. The number of nitrogens with one attached hydrogen (secondary N) is 2. The van der Waals surface area contributed by atoms with E-state index < -0.39 is 5.54 Å². The lowest BCUT2D eigenvalue weighted by atomic mass is 9.74. The molecule has 0 aliphatic heterocycles. The largest absolute Gasteiger partial charge is 0.349 e. The van der Waals surface area contributed by atoms with Crippen LogP contribution in [0.25, 0.3) is 0 Å². The van der Waals surface area contributed by atoms with Crippen LogP contribution in [0.5, 0.6) is 0 Å². The van der Waals surface area contributed by atoms with E-state index in [1.807, 2.05) is 20.9 Å². The number of likely N-dealkylation sites (N-methyl/N-ethyl adjacent to an activating group) is 1. The quantitative estimate of drug-likeness (QED) is 0.717. The molecule has 0 spiro atoms. The molecule has 0 heterocycles. The third-order valence-corrected chi connectivity index (χ3v) is 3.56. The molecule has 1 amide bonds. The van der Waals surface area contributed by atoms with Crippen molar-refractivity contribution in [3.63, 3.8) is 0 Å². The summed E-state index contributed by atoms with van der Waals surface area (Å²) in [6.07, 6.45) is 4.55. The van der Waals surface area contributed by atoms with Gasteiger partial charge in [0.15, 0.2) is 0 Å². The first-order chi connectivity index (χ1) is 6.46. The Morgan fingerprint density at radius 2 is 2.00 bits per heavy atom. The molecular formula is C11H22N2O. The van der Waals surface area contributed by atoms with Crippen LogP contribution in [0.1, 0.15) is 46.5 Å². The lowest BCUT2D eigenvalue weighted by molar-refractivity contribution is -0.129. The van der Waals surface area contributed by atoms with Crippen LogP contribution in [0.3, 0.4) is 0 Å². The average molecular weight is 198 g/mol. The molecule has 1 rings (SSSR count). The van der Waals surface area contributed by atoms with Crippen LogP contribution in [0.2, 0.25) is 0 Å². The van der Waals surface area contributed by atoms with Crippen molar-refractivity contribution in [1.29, 1.82) is 0 Å². The Bertz CT molecular complexity index is 214. The number of rotatable bonds is 4. The van der Waals surface area contributed by atoms with Crippen LogP contribution >= 0.6 is 0 Å². The van der Waals surface area contributed by atoms with Gasteiger partial charge >= 0.3 is 0 Å². The van der Waals surface area contributed by atoms with Gasteiger partial charge in [-0.2, -0.15) is 0 Å². The van der Waals surface area contributed by atoms with Crippen LogP contribution in [0, 0.1) is 0 Å². The van der Waals surface area contributed by atoms with E-state index in [0.29, 0.717) is 0 Å². The van der Waals surface area contributed by atoms with Gasteiger partial charge in [0.25, 0.3) is 0 Å². The number of carbonyl (C=O) groups is 1. The van der Waals surface area contributed by atoms with Gasteiger partial charge in [-0.15, -0.1) is 0 Å². The molecule has 0 aromatic heterocycles. The molecule has 0 saturated heterocycles. The molecule has 1 aliphatic rings. The second-order valence-electron chi connectivity index (χ2n) is 4.82. The lowest BCUT2D eigenvalue weighted by Crippen LogP contribution is -2.60. The van der Waals surface area contributed by atoms with E-state index in [2.05, 4.69) is 17.6 Å². The molecule has 0 bridgehead atoms. The zero-order valence-corrected chi connectivity index (χ0v) is 9.74. The van der Waals surface area contributed by atoms with Crippen molar-refractivity contribution in [3.05, 3.63) is 0 Å². The fourth-order valence-electron chi connectivity index (χ4n) is 1.68. The zero-order chi connectivity index (χ0) is 10.8. The topological polar surface area (TPSA) is 41.1 Å². The summed E-state index contributed by atoms with van der Waals surface area (Å²) in [7, 11) is 1.82. The molecule has 0 unspecified atom stereocenters. The Kier molecular flexibility index (Phi) is 3.20. The predicted molar refractivity (Wildman–Crippen MR) is 58.2 cm³/mol. The Morgan fingerprint density at radius 1 is 1.43 bits per heavy atom. The molecule has 2 N–H and O–H groups in total. The third-order valence-electron chi connectivity index (χ3n) is 3.56. The van der Waals surface area contributed by atoms with Gasteiger partial charge in [0.1, 0.15) is 0 Å².